The van der Waals surface area contributed by atoms with Gasteiger partial charge in [0.25, 0.3) is 0 Å². The van der Waals surface area contributed by atoms with E-state index in [9.17, 15) is 14.4 Å². The minimum absolute atomic E-state index is 0.0229. The van der Waals surface area contributed by atoms with E-state index in [-0.39, 0.29) is 36.6 Å². The molecule has 2 aromatic carbocycles. The van der Waals surface area contributed by atoms with E-state index in [2.05, 4.69) is 17.1 Å². The minimum atomic E-state index is -1.18. The molecule has 7 heteroatoms. The van der Waals surface area contributed by atoms with E-state index in [0.29, 0.717) is 6.54 Å². The lowest BCUT2D eigenvalue weighted by Gasteiger charge is -2.29. The van der Waals surface area contributed by atoms with Crippen LogP contribution in [0, 0.1) is 0 Å². The minimum Gasteiger partial charge on any atom is -0.340 e. The Balaban J connectivity index is 1.41. The quantitative estimate of drug-likeness (QED) is 0.461. The standard InChI is InChI=1S/C29H32N4O3/c1-3-7-23-16-24(31-30-23)19-32(2)26(34)17-29(18-27(35)33(28(29)36)25-14-15-25)22-12-10-21(11-13-22)20-8-5-4-6-9-20/h4-6,8-13,16,25H,3,7,14-15,17-19H2,1-2H3,(H,30,31)/t29-/m0/s1. The van der Waals surface area contributed by atoms with Crippen molar-refractivity contribution in [1.29, 1.82) is 0 Å². The molecule has 1 atom stereocenters. The summed E-state index contributed by atoms with van der Waals surface area (Å²) in [4.78, 5) is 43.3. The van der Waals surface area contributed by atoms with Crippen LogP contribution in [0.15, 0.2) is 60.7 Å². The van der Waals surface area contributed by atoms with Crippen molar-refractivity contribution in [2.75, 3.05) is 7.05 Å². The van der Waals surface area contributed by atoms with Crippen LogP contribution in [0.3, 0.4) is 0 Å². The molecule has 5 rings (SSSR count). The average Bonchev–Trinajstić information content (AvgIpc) is 3.56. The summed E-state index contributed by atoms with van der Waals surface area (Å²) in [6.45, 7) is 2.47. The number of imide groups is 1. The Labute approximate surface area is 211 Å². The second-order valence-corrected chi connectivity index (χ2v) is 10.1. The number of likely N-dealkylation sites (tertiary alicyclic amines) is 1. The molecule has 36 heavy (non-hydrogen) atoms. The Morgan fingerprint density at radius 2 is 1.78 bits per heavy atom. The van der Waals surface area contributed by atoms with Crippen LogP contribution in [0.1, 0.15) is 56.0 Å². The van der Waals surface area contributed by atoms with Gasteiger partial charge in [0.1, 0.15) is 0 Å². The Kier molecular flexibility index (Phi) is 6.48. The molecule has 0 spiro atoms. The van der Waals surface area contributed by atoms with Crippen molar-refractivity contribution < 1.29 is 14.4 Å². The highest BCUT2D eigenvalue weighted by atomic mass is 16.2. The fourth-order valence-electron chi connectivity index (χ4n) is 5.15. The van der Waals surface area contributed by atoms with Gasteiger partial charge in [0.15, 0.2) is 0 Å². The summed E-state index contributed by atoms with van der Waals surface area (Å²) >= 11 is 0. The van der Waals surface area contributed by atoms with Crippen molar-refractivity contribution in [2.45, 2.75) is 63.5 Å². The number of carbonyl (C=O) groups is 3. The number of H-pyrrole nitrogens is 1. The first-order valence-corrected chi connectivity index (χ1v) is 12.7. The molecular formula is C29H32N4O3. The molecule has 7 nitrogen and oxygen atoms in total. The number of nitrogens with zero attached hydrogens (tertiary/aromatic N) is 3. The van der Waals surface area contributed by atoms with Crippen molar-refractivity contribution >= 4 is 17.7 Å². The largest absolute Gasteiger partial charge is 0.340 e. The van der Waals surface area contributed by atoms with Gasteiger partial charge in [0, 0.05) is 25.9 Å². The topological polar surface area (TPSA) is 86.4 Å². The van der Waals surface area contributed by atoms with E-state index in [0.717, 1.165) is 53.8 Å². The summed E-state index contributed by atoms with van der Waals surface area (Å²) in [5.74, 6) is -0.591. The number of amides is 3. The molecule has 3 amide bonds. The summed E-state index contributed by atoms with van der Waals surface area (Å²) < 4.78 is 0. The summed E-state index contributed by atoms with van der Waals surface area (Å²) in [5.41, 5.74) is 3.46. The number of hydrogen-bond donors (Lipinski definition) is 1. The van der Waals surface area contributed by atoms with E-state index in [1.54, 1.807) is 11.9 Å². The summed E-state index contributed by atoms with van der Waals surface area (Å²) in [6.07, 6.45) is 3.54. The van der Waals surface area contributed by atoms with Crippen molar-refractivity contribution in [3.05, 3.63) is 77.6 Å². The predicted molar refractivity (Wildman–Crippen MR) is 137 cm³/mol. The van der Waals surface area contributed by atoms with Gasteiger partial charge in [-0.05, 0) is 42.0 Å². The van der Waals surface area contributed by atoms with Crippen LogP contribution in [0.25, 0.3) is 11.1 Å². The van der Waals surface area contributed by atoms with Crippen LogP contribution in [0.4, 0.5) is 0 Å². The summed E-state index contributed by atoms with van der Waals surface area (Å²) in [7, 11) is 1.73. The lowest BCUT2D eigenvalue weighted by atomic mass is 9.75. The molecule has 2 aliphatic rings. The second kappa shape index (κ2) is 9.72. The first kappa shape index (κ1) is 24.0. The van der Waals surface area contributed by atoms with E-state index < -0.39 is 5.41 Å². The first-order chi connectivity index (χ1) is 17.4. The van der Waals surface area contributed by atoms with E-state index >= 15 is 0 Å². The van der Waals surface area contributed by atoms with Gasteiger partial charge in [-0.15, -0.1) is 0 Å². The Hall–Kier alpha value is -3.74. The van der Waals surface area contributed by atoms with Crippen LogP contribution < -0.4 is 0 Å². The molecule has 0 radical (unpaired) electrons. The van der Waals surface area contributed by atoms with Gasteiger partial charge >= 0.3 is 0 Å². The molecular weight excluding hydrogens is 452 g/mol. The maximum absolute atomic E-state index is 13.8. The highest BCUT2D eigenvalue weighted by molar-refractivity contribution is 6.11. The molecule has 1 N–H and O–H groups in total. The zero-order valence-electron chi connectivity index (χ0n) is 20.9. The fourth-order valence-corrected chi connectivity index (χ4v) is 5.15. The van der Waals surface area contributed by atoms with Gasteiger partial charge in [-0.3, -0.25) is 24.4 Å². The van der Waals surface area contributed by atoms with Crippen LogP contribution in [0.5, 0.6) is 0 Å². The van der Waals surface area contributed by atoms with Crippen molar-refractivity contribution in [3.63, 3.8) is 0 Å². The number of aromatic amines is 1. The monoisotopic (exact) mass is 484 g/mol. The number of nitrogens with one attached hydrogen (secondary N) is 1. The third-order valence-electron chi connectivity index (χ3n) is 7.28. The molecule has 2 fully saturated rings. The number of benzene rings is 2. The highest BCUT2D eigenvalue weighted by Crippen LogP contribution is 2.44. The number of rotatable bonds is 9. The molecule has 186 valence electrons. The lowest BCUT2D eigenvalue weighted by Crippen LogP contribution is -2.43. The molecule has 1 saturated heterocycles. The molecule has 3 aromatic rings. The van der Waals surface area contributed by atoms with Crippen molar-refractivity contribution in [2.24, 2.45) is 0 Å². The maximum atomic E-state index is 13.8. The third-order valence-corrected chi connectivity index (χ3v) is 7.28. The Morgan fingerprint density at radius 3 is 2.44 bits per heavy atom. The van der Waals surface area contributed by atoms with Crippen LogP contribution in [0.2, 0.25) is 0 Å². The molecule has 0 unspecified atom stereocenters. The highest BCUT2D eigenvalue weighted by Gasteiger charge is 2.57. The van der Waals surface area contributed by atoms with Crippen LogP contribution >= 0.6 is 0 Å². The smallest absolute Gasteiger partial charge is 0.241 e. The van der Waals surface area contributed by atoms with Crippen LogP contribution in [-0.4, -0.2) is 50.8 Å². The summed E-state index contributed by atoms with van der Waals surface area (Å²) in [6, 6.07) is 19.7. The third kappa shape index (κ3) is 4.57. The summed E-state index contributed by atoms with van der Waals surface area (Å²) in [5, 5.41) is 7.31. The van der Waals surface area contributed by atoms with Crippen molar-refractivity contribution in [1.82, 2.24) is 20.0 Å². The normalized spacial score (nSPS) is 19.7. The van der Waals surface area contributed by atoms with Gasteiger partial charge < -0.3 is 4.90 Å². The van der Waals surface area contributed by atoms with Gasteiger partial charge in [-0.2, -0.15) is 5.10 Å². The molecule has 1 aliphatic heterocycles. The Bertz CT molecular complexity index is 1260. The average molecular weight is 485 g/mol. The van der Waals surface area contributed by atoms with Crippen LogP contribution in [-0.2, 0) is 32.8 Å². The van der Waals surface area contributed by atoms with Crippen molar-refractivity contribution in [3.8, 4) is 11.1 Å². The zero-order chi connectivity index (χ0) is 25.3. The van der Waals surface area contributed by atoms with Gasteiger partial charge in [-0.25, -0.2) is 0 Å². The van der Waals surface area contributed by atoms with E-state index in [4.69, 9.17) is 0 Å². The van der Waals surface area contributed by atoms with Gasteiger partial charge in [-0.1, -0.05) is 67.9 Å². The number of hydrogen-bond acceptors (Lipinski definition) is 4. The maximum Gasteiger partial charge on any atom is 0.241 e. The number of aromatic nitrogens is 2. The molecule has 1 aromatic heterocycles. The SMILES string of the molecule is CCCc1cc(CN(C)C(=O)C[C@@]2(c3ccc(-c4ccccc4)cc3)CC(=O)N(C3CC3)C2=O)[nH]n1. The second-order valence-electron chi connectivity index (χ2n) is 10.1. The lowest BCUT2D eigenvalue weighted by molar-refractivity contribution is -0.143. The number of carbonyl (C=O) groups excluding carboxylic acids is 3. The molecule has 0 bridgehead atoms. The predicted octanol–water partition coefficient (Wildman–Crippen LogP) is 4.24. The van der Waals surface area contributed by atoms with Gasteiger partial charge in [0.2, 0.25) is 17.7 Å². The number of aryl methyl sites for hydroxylation is 1. The van der Waals surface area contributed by atoms with E-state index in [1.807, 2.05) is 60.7 Å². The molecule has 1 aliphatic carbocycles. The Morgan fingerprint density at radius 1 is 1.08 bits per heavy atom. The van der Waals surface area contributed by atoms with E-state index in [1.165, 1.54) is 4.90 Å². The van der Waals surface area contributed by atoms with Gasteiger partial charge in [0.05, 0.1) is 23.3 Å². The molecule has 1 saturated carbocycles. The first-order valence-electron chi connectivity index (χ1n) is 12.7. The fraction of sp³-hybridized carbons (Fsp3) is 0.379. The molecule has 2 heterocycles. The zero-order valence-corrected chi connectivity index (χ0v) is 20.9.